The quantitative estimate of drug-likeness (QED) is 0.719. The highest BCUT2D eigenvalue weighted by molar-refractivity contribution is 7.90. The molecule has 6 heteroatoms. The Hall–Kier alpha value is -1.87. The van der Waals surface area contributed by atoms with Gasteiger partial charge in [0.05, 0.1) is 29.7 Å². The lowest BCUT2D eigenvalue weighted by molar-refractivity contribution is 0.0505. The lowest BCUT2D eigenvalue weighted by Crippen LogP contribution is -2.09. The van der Waals surface area contributed by atoms with E-state index >= 15 is 0 Å². The number of ether oxygens (including phenoxy) is 1. The first-order valence-electron chi connectivity index (χ1n) is 6.32. The highest BCUT2D eigenvalue weighted by Crippen LogP contribution is 2.10. The smallest absolute Gasteiger partial charge is 0.338 e. The summed E-state index contributed by atoms with van der Waals surface area (Å²) in [5.74, 6) is -0.686. The van der Waals surface area contributed by atoms with Crippen molar-refractivity contribution in [1.29, 1.82) is 5.26 Å². The minimum Gasteiger partial charge on any atom is -0.462 e. The number of nitriles is 1. The Balaban J connectivity index is 2.68. The van der Waals surface area contributed by atoms with Crippen LogP contribution in [0, 0.1) is 11.3 Å². The van der Waals surface area contributed by atoms with Gasteiger partial charge in [-0.2, -0.15) is 5.26 Å². The minimum atomic E-state index is -3.28. The Labute approximate surface area is 119 Å². The zero-order chi connectivity index (χ0) is 15.0. The van der Waals surface area contributed by atoms with E-state index in [9.17, 15) is 13.2 Å². The first-order chi connectivity index (χ1) is 9.48. The summed E-state index contributed by atoms with van der Waals surface area (Å²) in [6.45, 7) is 2.27. The number of carbonyl (C=O) groups is 1. The molecule has 0 aliphatic heterocycles. The number of esters is 1. The molecular formula is C14H17NO4S. The molecule has 1 rings (SSSR count). The van der Waals surface area contributed by atoms with E-state index in [1.807, 2.05) is 13.0 Å². The normalized spacial score (nSPS) is 10.8. The van der Waals surface area contributed by atoms with E-state index in [1.165, 1.54) is 0 Å². The Morgan fingerprint density at radius 3 is 2.50 bits per heavy atom. The molecule has 5 nitrogen and oxygen atoms in total. The highest BCUT2D eigenvalue weighted by Gasteiger charge is 2.12. The number of hydrogen-bond acceptors (Lipinski definition) is 5. The Morgan fingerprint density at radius 1 is 1.30 bits per heavy atom. The van der Waals surface area contributed by atoms with Crippen molar-refractivity contribution >= 4 is 15.8 Å². The predicted octanol–water partition coefficient (Wildman–Crippen LogP) is 2.08. The monoisotopic (exact) mass is 295 g/mol. The van der Waals surface area contributed by atoms with Crippen LogP contribution in [0.25, 0.3) is 0 Å². The van der Waals surface area contributed by atoms with Crippen LogP contribution in [0.3, 0.4) is 0 Å². The molecule has 0 aliphatic rings. The topological polar surface area (TPSA) is 84.2 Å². The van der Waals surface area contributed by atoms with Gasteiger partial charge in [0.15, 0.2) is 9.84 Å². The summed E-state index contributed by atoms with van der Waals surface area (Å²) >= 11 is 0. The lowest BCUT2D eigenvalue weighted by atomic mass is 10.1. The average molecular weight is 295 g/mol. The second kappa shape index (κ2) is 7.65. The standard InChI is InChI=1S/C14H17NO4S/c1-2-9-19-14(16)13-6-4-12(5-7-13)11-20(17,18)10-3-8-15/h4-7H,2-3,9-11H2,1H3. The Morgan fingerprint density at radius 2 is 1.95 bits per heavy atom. The molecule has 0 unspecified atom stereocenters. The van der Waals surface area contributed by atoms with Gasteiger partial charge in [-0.3, -0.25) is 0 Å². The fraction of sp³-hybridized carbons (Fsp3) is 0.429. The summed E-state index contributed by atoms with van der Waals surface area (Å²) in [5.41, 5.74) is 0.992. The van der Waals surface area contributed by atoms with Crippen LogP contribution in [0.4, 0.5) is 0 Å². The Kier molecular flexibility index (Phi) is 6.19. The minimum absolute atomic E-state index is 0.0102. The summed E-state index contributed by atoms with van der Waals surface area (Å²) in [6.07, 6.45) is 0.741. The van der Waals surface area contributed by atoms with Gasteiger partial charge in [-0.25, -0.2) is 13.2 Å². The molecule has 0 spiro atoms. The maximum Gasteiger partial charge on any atom is 0.338 e. The maximum absolute atomic E-state index is 11.7. The van der Waals surface area contributed by atoms with Gasteiger partial charge in [-0.1, -0.05) is 19.1 Å². The summed E-state index contributed by atoms with van der Waals surface area (Å²) in [5, 5.41) is 8.40. The van der Waals surface area contributed by atoms with Gasteiger partial charge < -0.3 is 4.74 Å². The second-order valence-electron chi connectivity index (χ2n) is 4.33. The second-order valence-corrected chi connectivity index (χ2v) is 6.52. The molecule has 0 aliphatic carbocycles. The lowest BCUT2D eigenvalue weighted by Gasteiger charge is -2.05. The molecule has 0 bridgehead atoms. The molecule has 0 radical (unpaired) electrons. The molecule has 108 valence electrons. The SMILES string of the molecule is CCCOC(=O)c1ccc(CS(=O)(=O)CCC#N)cc1. The molecule has 0 atom stereocenters. The number of rotatable bonds is 7. The van der Waals surface area contributed by atoms with Crippen LogP contribution >= 0.6 is 0 Å². The van der Waals surface area contributed by atoms with Gasteiger partial charge >= 0.3 is 5.97 Å². The van der Waals surface area contributed by atoms with Crippen molar-refractivity contribution in [3.63, 3.8) is 0 Å². The first kappa shape index (κ1) is 16.2. The van der Waals surface area contributed by atoms with E-state index in [0.717, 1.165) is 6.42 Å². The van der Waals surface area contributed by atoms with Crippen LogP contribution in [0.15, 0.2) is 24.3 Å². The van der Waals surface area contributed by atoms with Crippen LogP contribution < -0.4 is 0 Å². The summed E-state index contributed by atoms with van der Waals surface area (Å²) in [6, 6.07) is 8.09. The summed E-state index contributed by atoms with van der Waals surface area (Å²) in [7, 11) is -3.28. The van der Waals surface area contributed by atoms with E-state index in [-0.39, 0.29) is 17.9 Å². The molecule has 0 heterocycles. The third-order valence-electron chi connectivity index (χ3n) is 2.54. The molecular weight excluding hydrogens is 278 g/mol. The highest BCUT2D eigenvalue weighted by atomic mass is 32.2. The number of benzene rings is 1. The van der Waals surface area contributed by atoms with Gasteiger partial charge in [0.2, 0.25) is 0 Å². The van der Waals surface area contributed by atoms with Crippen LogP contribution in [-0.4, -0.2) is 26.7 Å². The number of sulfone groups is 1. The largest absolute Gasteiger partial charge is 0.462 e. The third kappa shape index (κ3) is 5.41. The first-order valence-corrected chi connectivity index (χ1v) is 8.14. The van der Waals surface area contributed by atoms with Crippen molar-refractivity contribution in [3.05, 3.63) is 35.4 Å². The fourth-order valence-corrected chi connectivity index (χ4v) is 2.79. The van der Waals surface area contributed by atoms with Crippen LogP contribution in [0.2, 0.25) is 0 Å². The number of nitrogens with zero attached hydrogens (tertiary/aromatic N) is 1. The van der Waals surface area contributed by atoms with Crippen molar-refractivity contribution in [2.75, 3.05) is 12.4 Å². The molecule has 0 fully saturated rings. The predicted molar refractivity (Wildman–Crippen MR) is 74.7 cm³/mol. The Bertz CT molecular complexity index is 585. The molecule has 0 saturated heterocycles. The molecule has 1 aromatic carbocycles. The van der Waals surface area contributed by atoms with E-state index in [4.69, 9.17) is 10.00 Å². The average Bonchev–Trinajstić information content (AvgIpc) is 2.43. The van der Waals surface area contributed by atoms with Crippen molar-refractivity contribution in [1.82, 2.24) is 0 Å². The van der Waals surface area contributed by atoms with Crippen LogP contribution in [0.1, 0.15) is 35.7 Å². The molecule has 0 aromatic heterocycles. The molecule has 20 heavy (non-hydrogen) atoms. The zero-order valence-electron chi connectivity index (χ0n) is 11.3. The van der Waals surface area contributed by atoms with Gasteiger partial charge in [0.1, 0.15) is 0 Å². The van der Waals surface area contributed by atoms with Gasteiger partial charge in [-0.15, -0.1) is 0 Å². The van der Waals surface area contributed by atoms with Crippen molar-refractivity contribution in [3.8, 4) is 6.07 Å². The van der Waals surface area contributed by atoms with Gasteiger partial charge in [0.25, 0.3) is 0 Å². The van der Waals surface area contributed by atoms with Crippen LogP contribution in [0.5, 0.6) is 0 Å². The van der Waals surface area contributed by atoms with Crippen LogP contribution in [-0.2, 0) is 20.3 Å². The molecule has 1 aromatic rings. The molecule has 0 N–H and O–H groups in total. The molecule has 0 amide bonds. The van der Waals surface area contributed by atoms with E-state index in [0.29, 0.717) is 17.7 Å². The van der Waals surface area contributed by atoms with E-state index in [2.05, 4.69) is 0 Å². The molecule has 0 saturated carbocycles. The zero-order valence-corrected chi connectivity index (χ0v) is 12.1. The number of hydrogen-bond donors (Lipinski definition) is 0. The van der Waals surface area contributed by atoms with E-state index in [1.54, 1.807) is 24.3 Å². The van der Waals surface area contributed by atoms with Gasteiger partial charge in [-0.05, 0) is 24.1 Å². The summed E-state index contributed by atoms with van der Waals surface area (Å²) < 4.78 is 28.3. The number of carbonyl (C=O) groups excluding carboxylic acids is 1. The fourth-order valence-electron chi connectivity index (χ4n) is 1.54. The van der Waals surface area contributed by atoms with Crippen molar-refractivity contribution in [2.24, 2.45) is 0 Å². The van der Waals surface area contributed by atoms with Crippen molar-refractivity contribution in [2.45, 2.75) is 25.5 Å². The van der Waals surface area contributed by atoms with E-state index < -0.39 is 15.8 Å². The third-order valence-corrected chi connectivity index (χ3v) is 4.14. The van der Waals surface area contributed by atoms with Crippen molar-refractivity contribution < 1.29 is 17.9 Å². The van der Waals surface area contributed by atoms with Gasteiger partial charge in [0, 0.05) is 6.42 Å². The maximum atomic E-state index is 11.7. The summed E-state index contributed by atoms with van der Waals surface area (Å²) in [4.78, 5) is 11.6.